The van der Waals surface area contributed by atoms with Gasteiger partial charge in [0.2, 0.25) is 0 Å². The standard InChI is InChI=1S/C6H20N2O3Si4/c7-3-1-5-15(6-2-4-8)11-14-10-13-9-12/h1-4,15H,5-8,13-14H2,12H3. The van der Waals surface area contributed by atoms with Crippen LogP contribution in [0.5, 0.6) is 0 Å². The first kappa shape index (κ1) is 14.8. The fraction of sp³-hybridized carbons (Fsp3) is 0.333. The minimum Gasteiger partial charge on any atom is -0.449 e. The average Bonchev–Trinajstić information content (AvgIpc) is 2.27. The van der Waals surface area contributed by atoms with Crippen LogP contribution in [-0.4, -0.2) is 39.5 Å². The topological polar surface area (TPSA) is 79.7 Å². The van der Waals surface area contributed by atoms with Gasteiger partial charge in [-0.05, 0) is 24.5 Å². The largest absolute Gasteiger partial charge is 0.449 e. The number of allylic oxidation sites excluding steroid dienone is 2. The third-order valence-electron chi connectivity index (χ3n) is 1.66. The molecule has 15 heavy (non-hydrogen) atoms. The molecule has 5 nitrogen and oxygen atoms in total. The van der Waals surface area contributed by atoms with Gasteiger partial charge < -0.3 is 23.8 Å². The fourth-order valence-corrected chi connectivity index (χ4v) is 7.62. The summed E-state index contributed by atoms with van der Waals surface area (Å²) in [7, 11) is -2.02. The van der Waals surface area contributed by atoms with Gasteiger partial charge in [0.15, 0.2) is 9.04 Å². The van der Waals surface area contributed by atoms with E-state index in [-0.39, 0.29) is 0 Å². The molecule has 0 rings (SSSR count). The molecular weight excluding hydrogens is 260 g/mol. The molecule has 0 radical (unpaired) electrons. The molecule has 0 bridgehead atoms. The third-order valence-corrected chi connectivity index (χ3v) is 7.96. The van der Waals surface area contributed by atoms with Crippen LogP contribution in [-0.2, 0) is 12.3 Å². The Morgan fingerprint density at radius 1 is 1.13 bits per heavy atom. The van der Waals surface area contributed by atoms with Crippen molar-refractivity contribution in [3.05, 3.63) is 24.6 Å². The Bertz CT molecular complexity index is 179. The van der Waals surface area contributed by atoms with Gasteiger partial charge in [-0.1, -0.05) is 12.2 Å². The molecule has 4 N–H and O–H groups in total. The van der Waals surface area contributed by atoms with E-state index in [1.54, 1.807) is 12.4 Å². The molecule has 0 heterocycles. The van der Waals surface area contributed by atoms with Gasteiger partial charge in [-0.3, -0.25) is 0 Å². The highest BCUT2D eigenvalue weighted by Crippen LogP contribution is 2.02. The highest BCUT2D eigenvalue weighted by Gasteiger charge is 2.07. The summed E-state index contributed by atoms with van der Waals surface area (Å²) >= 11 is 0. The maximum atomic E-state index is 5.76. The van der Waals surface area contributed by atoms with Crippen LogP contribution in [0.1, 0.15) is 0 Å². The molecule has 0 aromatic carbocycles. The van der Waals surface area contributed by atoms with Crippen molar-refractivity contribution in [2.24, 2.45) is 11.5 Å². The van der Waals surface area contributed by atoms with Gasteiger partial charge in [0.25, 0.3) is 20.0 Å². The first-order chi connectivity index (χ1) is 7.35. The van der Waals surface area contributed by atoms with Crippen LogP contribution in [0.2, 0.25) is 12.1 Å². The van der Waals surface area contributed by atoms with E-state index >= 15 is 0 Å². The summed E-state index contributed by atoms with van der Waals surface area (Å²) in [6.45, 7) is 0. The van der Waals surface area contributed by atoms with Gasteiger partial charge in [-0.15, -0.1) is 0 Å². The van der Waals surface area contributed by atoms with Crippen LogP contribution in [0.25, 0.3) is 0 Å². The molecule has 0 saturated heterocycles. The molecule has 0 aliphatic rings. The lowest BCUT2D eigenvalue weighted by molar-refractivity contribution is 0.432. The Morgan fingerprint density at radius 3 is 2.20 bits per heavy atom. The predicted octanol–water partition coefficient (Wildman–Crippen LogP) is -3.02. The Labute approximate surface area is 100 Å². The maximum Gasteiger partial charge on any atom is 0.284 e. The second-order valence-electron chi connectivity index (χ2n) is 2.84. The van der Waals surface area contributed by atoms with E-state index in [1.807, 2.05) is 12.2 Å². The zero-order chi connectivity index (χ0) is 11.4. The molecule has 0 aromatic rings. The molecule has 0 fully saturated rings. The van der Waals surface area contributed by atoms with Crippen molar-refractivity contribution in [3.63, 3.8) is 0 Å². The lowest BCUT2D eigenvalue weighted by Crippen LogP contribution is -2.22. The molecule has 0 aromatic heterocycles. The zero-order valence-corrected chi connectivity index (χ0v) is 15.1. The van der Waals surface area contributed by atoms with E-state index in [0.29, 0.717) is 0 Å². The van der Waals surface area contributed by atoms with Gasteiger partial charge in [-0.2, -0.15) is 0 Å². The minimum atomic E-state index is -1.23. The van der Waals surface area contributed by atoms with Gasteiger partial charge in [-0.25, -0.2) is 0 Å². The predicted molar refractivity (Wildman–Crippen MR) is 73.7 cm³/mol. The Morgan fingerprint density at radius 2 is 1.73 bits per heavy atom. The maximum absolute atomic E-state index is 5.76. The SMILES string of the molecule is NC=CC[SiH](CC=CN)O[SiH2]O[SiH2]O[SiH3]. The van der Waals surface area contributed by atoms with Crippen LogP contribution >= 0.6 is 0 Å². The van der Waals surface area contributed by atoms with E-state index in [2.05, 4.69) is 0 Å². The van der Waals surface area contributed by atoms with Crippen molar-refractivity contribution in [3.8, 4) is 0 Å². The van der Waals surface area contributed by atoms with Crippen molar-refractivity contribution >= 4 is 39.5 Å². The first-order valence-corrected chi connectivity index (χ1v) is 10.00. The molecule has 0 spiro atoms. The number of hydrogen-bond donors (Lipinski definition) is 2. The van der Waals surface area contributed by atoms with E-state index in [0.717, 1.165) is 22.6 Å². The van der Waals surface area contributed by atoms with Crippen LogP contribution in [0.4, 0.5) is 0 Å². The normalized spacial score (nSPS) is 15.7. The van der Waals surface area contributed by atoms with Crippen LogP contribution in [0.3, 0.4) is 0 Å². The van der Waals surface area contributed by atoms with Crippen molar-refractivity contribution in [2.45, 2.75) is 12.1 Å². The molecule has 0 unspecified atom stereocenters. The Kier molecular flexibility index (Phi) is 11.8. The Balaban J connectivity index is 3.68. The third kappa shape index (κ3) is 10.1. The number of hydrogen-bond acceptors (Lipinski definition) is 5. The highest BCUT2D eigenvalue weighted by molar-refractivity contribution is 6.59. The summed E-state index contributed by atoms with van der Waals surface area (Å²) in [6, 6.07) is 1.86. The van der Waals surface area contributed by atoms with Gasteiger partial charge >= 0.3 is 0 Å². The van der Waals surface area contributed by atoms with E-state index < -0.39 is 29.1 Å². The lowest BCUT2D eigenvalue weighted by atomic mass is 10.7. The van der Waals surface area contributed by atoms with Gasteiger partial charge in [0.05, 0.1) is 0 Å². The summed E-state index contributed by atoms with van der Waals surface area (Å²) in [5, 5.41) is 0. The summed E-state index contributed by atoms with van der Waals surface area (Å²) in [5.41, 5.74) is 10.6. The van der Waals surface area contributed by atoms with Crippen molar-refractivity contribution in [1.82, 2.24) is 0 Å². The van der Waals surface area contributed by atoms with Crippen LogP contribution in [0.15, 0.2) is 24.6 Å². The average molecular weight is 281 g/mol. The van der Waals surface area contributed by atoms with Gasteiger partial charge in [0, 0.05) is 0 Å². The second-order valence-corrected chi connectivity index (χ2v) is 10.8. The highest BCUT2D eigenvalue weighted by atomic mass is 28.4. The summed E-state index contributed by atoms with van der Waals surface area (Å²) in [4.78, 5) is 0. The lowest BCUT2D eigenvalue weighted by Gasteiger charge is -2.12. The molecule has 0 aliphatic heterocycles. The molecule has 88 valence electrons. The molecular formula is C6H20N2O3Si4. The van der Waals surface area contributed by atoms with E-state index in [4.69, 9.17) is 23.8 Å². The van der Waals surface area contributed by atoms with Crippen LogP contribution < -0.4 is 11.5 Å². The molecule has 0 aliphatic carbocycles. The Hall–Kier alpha value is -0.172. The monoisotopic (exact) mass is 280 g/mol. The summed E-state index contributed by atoms with van der Waals surface area (Å²) < 4.78 is 16.2. The van der Waals surface area contributed by atoms with E-state index in [9.17, 15) is 0 Å². The molecule has 0 amide bonds. The number of rotatable bonds is 9. The zero-order valence-electron chi connectivity index (χ0n) is 9.09. The van der Waals surface area contributed by atoms with Crippen molar-refractivity contribution < 1.29 is 12.3 Å². The fourth-order valence-electron chi connectivity index (χ4n) is 0.955. The first-order valence-electron chi connectivity index (χ1n) is 4.76. The number of nitrogens with two attached hydrogens (primary N) is 2. The quantitative estimate of drug-likeness (QED) is 0.347. The molecule has 0 atom stereocenters. The van der Waals surface area contributed by atoms with Gasteiger partial charge in [0.1, 0.15) is 10.5 Å². The molecule has 0 saturated carbocycles. The van der Waals surface area contributed by atoms with E-state index in [1.165, 1.54) is 0 Å². The van der Waals surface area contributed by atoms with Crippen LogP contribution in [0, 0.1) is 0 Å². The van der Waals surface area contributed by atoms with Crippen molar-refractivity contribution in [1.29, 1.82) is 0 Å². The second kappa shape index (κ2) is 11.9. The molecule has 9 heteroatoms. The van der Waals surface area contributed by atoms with Crippen molar-refractivity contribution in [2.75, 3.05) is 0 Å². The smallest absolute Gasteiger partial charge is 0.284 e. The summed E-state index contributed by atoms with van der Waals surface area (Å²) in [6.07, 6.45) is 7.01. The summed E-state index contributed by atoms with van der Waals surface area (Å²) in [5.74, 6) is 0. The minimum absolute atomic E-state index is 0.724.